The molecule has 2 amide bonds. The predicted molar refractivity (Wildman–Crippen MR) is 79.4 cm³/mol. The molecule has 0 saturated carbocycles. The van der Waals surface area contributed by atoms with Crippen molar-refractivity contribution in [2.75, 3.05) is 18.0 Å². The Morgan fingerprint density at radius 1 is 1.48 bits per heavy atom. The minimum Gasteiger partial charge on any atom is -0.355 e. The molecule has 1 atom stereocenters. The van der Waals surface area contributed by atoms with Crippen LogP contribution in [0.1, 0.15) is 25.8 Å². The Morgan fingerprint density at radius 3 is 2.81 bits per heavy atom. The number of carbonyl (C=O) groups excluding carboxylic acids is 2. The average molecular weight is 292 g/mol. The summed E-state index contributed by atoms with van der Waals surface area (Å²) in [4.78, 5) is 26.0. The summed E-state index contributed by atoms with van der Waals surface area (Å²) in [5.41, 5.74) is 1.14. The van der Waals surface area contributed by atoms with E-state index in [1.807, 2.05) is 13.8 Å². The van der Waals surface area contributed by atoms with E-state index in [4.69, 9.17) is 0 Å². The maximum Gasteiger partial charge on any atom is 0.239 e. The van der Waals surface area contributed by atoms with Crippen LogP contribution in [-0.4, -0.2) is 24.9 Å². The van der Waals surface area contributed by atoms with Gasteiger partial charge in [0.05, 0.1) is 0 Å². The van der Waals surface area contributed by atoms with Crippen LogP contribution in [0, 0.1) is 24.6 Å². The van der Waals surface area contributed by atoms with Crippen LogP contribution in [0.15, 0.2) is 18.2 Å². The van der Waals surface area contributed by atoms with Gasteiger partial charge in [0.2, 0.25) is 11.8 Å². The predicted octanol–water partition coefficient (Wildman–Crippen LogP) is 2.26. The Balaban J connectivity index is 2.07. The Labute approximate surface area is 124 Å². The average Bonchev–Trinajstić information content (AvgIpc) is 2.81. The highest BCUT2D eigenvalue weighted by molar-refractivity contribution is 6.09. The third-order valence-corrected chi connectivity index (χ3v) is 3.66. The van der Waals surface area contributed by atoms with E-state index >= 15 is 0 Å². The maximum absolute atomic E-state index is 13.3. The van der Waals surface area contributed by atoms with Crippen molar-refractivity contribution in [3.05, 3.63) is 29.6 Å². The van der Waals surface area contributed by atoms with Gasteiger partial charge in [-0.05, 0) is 43.0 Å². The van der Waals surface area contributed by atoms with Crippen LogP contribution in [0.25, 0.3) is 0 Å². The number of rotatable bonds is 4. The summed E-state index contributed by atoms with van der Waals surface area (Å²) in [6.07, 6.45) is 0.499. The number of hydrogen-bond acceptors (Lipinski definition) is 2. The van der Waals surface area contributed by atoms with Gasteiger partial charge in [-0.25, -0.2) is 4.39 Å². The van der Waals surface area contributed by atoms with Crippen molar-refractivity contribution in [3.63, 3.8) is 0 Å². The number of carbonyl (C=O) groups is 2. The third-order valence-electron chi connectivity index (χ3n) is 3.66. The first-order valence-corrected chi connectivity index (χ1v) is 7.25. The third kappa shape index (κ3) is 3.40. The minimum atomic E-state index is -0.630. The smallest absolute Gasteiger partial charge is 0.239 e. The number of nitrogens with one attached hydrogen (secondary N) is 1. The molecule has 1 saturated heterocycles. The quantitative estimate of drug-likeness (QED) is 0.865. The molecule has 0 aromatic heterocycles. The van der Waals surface area contributed by atoms with Crippen molar-refractivity contribution < 1.29 is 14.0 Å². The molecule has 1 N–H and O–H groups in total. The molecule has 1 heterocycles. The maximum atomic E-state index is 13.3. The van der Waals surface area contributed by atoms with Crippen molar-refractivity contribution in [3.8, 4) is 0 Å². The molecule has 5 heteroatoms. The first-order valence-electron chi connectivity index (χ1n) is 7.25. The molecule has 1 aliphatic rings. The lowest BCUT2D eigenvalue weighted by molar-refractivity contribution is -0.132. The van der Waals surface area contributed by atoms with Gasteiger partial charge < -0.3 is 10.2 Å². The molecule has 0 radical (unpaired) electrons. The van der Waals surface area contributed by atoms with Crippen LogP contribution in [0.2, 0.25) is 0 Å². The van der Waals surface area contributed by atoms with Crippen LogP contribution in [0.3, 0.4) is 0 Å². The zero-order chi connectivity index (χ0) is 15.6. The van der Waals surface area contributed by atoms with Crippen LogP contribution >= 0.6 is 0 Å². The highest BCUT2D eigenvalue weighted by Crippen LogP contribution is 2.26. The number of aryl methyl sites for hydroxylation is 1. The monoisotopic (exact) mass is 292 g/mol. The Bertz CT molecular complexity index is 557. The molecule has 4 nitrogen and oxygen atoms in total. The Kier molecular flexibility index (Phi) is 4.60. The van der Waals surface area contributed by atoms with Gasteiger partial charge in [0.15, 0.2) is 0 Å². The summed E-state index contributed by atoms with van der Waals surface area (Å²) in [6.45, 7) is 6.73. The number of halogens is 1. The summed E-state index contributed by atoms with van der Waals surface area (Å²) in [7, 11) is 0. The standard InChI is InChI=1S/C16H21FN2O2/c1-10(2)9-18-15(20)13-6-7-19(16(13)21)12-4-5-14(17)11(3)8-12/h4-5,8,10,13H,6-7,9H2,1-3H3,(H,18,20). The van der Waals surface area contributed by atoms with Crippen LogP contribution < -0.4 is 10.2 Å². The summed E-state index contributed by atoms with van der Waals surface area (Å²) in [6, 6.07) is 4.57. The fraction of sp³-hybridized carbons (Fsp3) is 0.500. The molecule has 1 fully saturated rings. The van der Waals surface area contributed by atoms with E-state index in [0.717, 1.165) is 0 Å². The lowest BCUT2D eigenvalue weighted by Gasteiger charge is -2.17. The van der Waals surface area contributed by atoms with E-state index in [1.54, 1.807) is 24.0 Å². The molecule has 1 aromatic rings. The van der Waals surface area contributed by atoms with Crippen LogP contribution in [-0.2, 0) is 9.59 Å². The first-order chi connectivity index (χ1) is 9.90. The molecule has 0 spiro atoms. The topological polar surface area (TPSA) is 49.4 Å². The van der Waals surface area contributed by atoms with Gasteiger partial charge in [-0.1, -0.05) is 13.8 Å². The van der Waals surface area contributed by atoms with Gasteiger partial charge in [0.1, 0.15) is 11.7 Å². The second-order valence-corrected chi connectivity index (χ2v) is 5.90. The molecule has 2 rings (SSSR count). The van der Waals surface area contributed by atoms with Gasteiger partial charge in [0.25, 0.3) is 0 Å². The van der Waals surface area contributed by atoms with Crippen LogP contribution in [0.5, 0.6) is 0 Å². The Morgan fingerprint density at radius 2 is 2.19 bits per heavy atom. The lowest BCUT2D eigenvalue weighted by Crippen LogP contribution is -2.38. The van der Waals surface area contributed by atoms with Crippen molar-refractivity contribution >= 4 is 17.5 Å². The van der Waals surface area contributed by atoms with E-state index in [-0.39, 0.29) is 17.6 Å². The van der Waals surface area contributed by atoms with Gasteiger partial charge in [-0.2, -0.15) is 0 Å². The fourth-order valence-corrected chi connectivity index (χ4v) is 2.40. The van der Waals surface area contributed by atoms with E-state index in [9.17, 15) is 14.0 Å². The number of amides is 2. The molecule has 1 aliphatic heterocycles. The SMILES string of the molecule is Cc1cc(N2CCC(C(=O)NCC(C)C)C2=O)ccc1F. The second-order valence-electron chi connectivity index (χ2n) is 5.90. The zero-order valence-electron chi connectivity index (χ0n) is 12.6. The number of anilines is 1. The van der Waals surface area contributed by atoms with Crippen molar-refractivity contribution in [1.82, 2.24) is 5.32 Å². The summed E-state index contributed by atoms with van der Waals surface area (Å²) in [5.74, 6) is -0.996. The number of hydrogen-bond donors (Lipinski definition) is 1. The minimum absolute atomic E-state index is 0.206. The Hall–Kier alpha value is -1.91. The summed E-state index contributed by atoms with van der Waals surface area (Å²) < 4.78 is 13.3. The molecule has 0 bridgehead atoms. The molecule has 114 valence electrons. The highest BCUT2D eigenvalue weighted by atomic mass is 19.1. The molecule has 1 aromatic carbocycles. The van der Waals surface area contributed by atoms with E-state index < -0.39 is 5.92 Å². The van der Waals surface area contributed by atoms with E-state index in [2.05, 4.69) is 5.32 Å². The second kappa shape index (κ2) is 6.24. The molecule has 21 heavy (non-hydrogen) atoms. The largest absolute Gasteiger partial charge is 0.355 e. The van der Waals surface area contributed by atoms with E-state index in [0.29, 0.717) is 36.7 Å². The van der Waals surface area contributed by atoms with Crippen molar-refractivity contribution in [2.45, 2.75) is 27.2 Å². The molecule has 1 unspecified atom stereocenters. The van der Waals surface area contributed by atoms with Gasteiger partial charge in [0, 0.05) is 18.8 Å². The molecule has 0 aliphatic carbocycles. The lowest BCUT2D eigenvalue weighted by atomic mass is 10.1. The number of nitrogens with zero attached hydrogens (tertiary/aromatic N) is 1. The zero-order valence-corrected chi connectivity index (χ0v) is 12.6. The van der Waals surface area contributed by atoms with Crippen molar-refractivity contribution in [1.29, 1.82) is 0 Å². The first kappa shape index (κ1) is 15.5. The van der Waals surface area contributed by atoms with Gasteiger partial charge in [-0.15, -0.1) is 0 Å². The van der Waals surface area contributed by atoms with E-state index in [1.165, 1.54) is 6.07 Å². The highest BCUT2D eigenvalue weighted by Gasteiger charge is 2.37. The fourth-order valence-electron chi connectivity index (χ4n) is 2.40. The van der Waals surface area contributed by atoms with Gasteiger partial charge >= 0.3 is 0 Å². The number of benzene rings is 1. The normalized spacial score (nSPS) is 18.4. The van der Waals surface area contributed by atoms with Gasteiger partial charge in [-0.3, -0.25) is 9.59 Å². The summed E-state index contributed by atoms with van der Waals surface area (Å²) in [5, 5.41) is 2.80. The molecular weight excluding hydrogens is 271 g/mol. The summed E-state index contributed by atoms with van der Waals surface area (Å²) >= 11 is 0. The van der Waals surface area contributed by atoms with Crippen LogP contribution in [0.4, 0.5) is 10.1 Å². The van der Waals surface area contributed by atoms with Crippen molar-refractivity contribution in [2.24, 2.45) is 11.8 Å². The molecular formula is C16H21FN2O2.